The zero-order valence-corrected chi connectivity index (χ0v) is 16.5. The SMILES string of the molecule is CC1=C(C)C(c2ccc(C3C(C)=C(C)C(C)=C3C)s2)C(C)=C1C. The van der Waals surface area contributed by atoms with E-state index >= 15 is 0 Å². The largest absolute Gasteiger partial charge is 0.143 e. The maximum atomic E-state index is 2.37. The first kappa shape index (κ1) is 16.5. The fourth-order valence-electron chi connectivity index (χ4n) is 4.23. The molecule has 0 saturated carbocycles. The standard InChI is InChI=1S/C22H28S/c1-11-12(2)16(6)21(15(11)5)19-9-10-20(23-19)22-17(7)13(3)14(4)18(22)8/h9-10,21-22H,1-8H3. The normalized spacial score (nSPS) is 20.9. The Morgan fingerprint density at radius 3 is 1.04 bits per heavy atom. The van der Waals surface area contributed by atoms with E-state index in [0.29, 0.717) is 11.8 Å². The van der Waals surface area contributed by atoms with Gasteiger partial charge in [-0.3, -0.25) is 0 Å². The Bertz CT molecular complexity index is 690. The molecule has 1 heteroatoms. The van der Waals surface area contributed by atoms with Crippen LogP contribution in [0.2, 0.25) is 0 Å². The molecule has 0 bridgehead atoms. The lowest BCUT2D eigenvalue weighted by atomic mass is 9.94. The van der Waals surface area contributed by atoms with E-state index in [1.807, 2.05) is 11.3 Å². The third-order valence-corrected chi connectivity index (χ3v) is 7.65. The van der Waals surface area contributed by atoms with Gasteiger partial charge in [-0.2, -0.15) is 0 Å². The van der Waals surface area contributed by atoms with Crippen molar-refractivity contribution in [2.45, 2.75) is 67.2 Å². The molecule has 1 aromatic rings. The lowest BCUT2D eigenvalue weighted by Crippen LogP contribution is -1.97. The molecule has 0 spiro atoms. The average molecular weight is 325 g/mol. The summed E-state index contributed by atoms with van der Waals surface area (Å²) in [6.45, 7) is 18.3. The van der Waals surface area contributed by atoms with Crippen molar-refractivity contribution in [3.8, 4) is 0 Å². The van der Waals surface area contributed by atoms with Crippen LogP contribution < -0.4 is 0 Å². The predicted molar refractivity (Wildman–Crippen MR) is 103 cm³/mol. The van der Waals surface area contributed by atoms with E-state index in [1.165, 1.54) is 54.3 Å². The monoisotopic (exact) mass is 324 g/mol. The molecule has 0 fully saturated rings. The number of rotatable bonds is 2. The van der Waals surface area contributed by atoms with Gasteiger partial charge in [-0.05, 0) is 89.8 Å². The first-order valence-electron chi connectivity index (χ1n) is 8.55. The van der Waals surface area contributed by atoms with Crippen molar-refractivity contribution in [3.05, 3.63) is 66.5 Å². The summed E-state index contributed by atoms with van der Waals surface area (Å²) in [5, 5.41) is 0. The second-order valence-electron chi connectivity index (χ2n) is 7.34. The molecule has 2 aliphatic rings. The van der Waals surface area contributed by atoms with Crippen LogP contribution in [0, 0.1) is 0 Å². The Kier molecular flexibility index (Phi) is 4.04. The second kappa shape index (κ2) is 5.63. The van der Waals surface area contributed by atoms with Gasteiger partial charge in [-0.1, -0.05) is 22.3 Å². The Morgan fingerprint density at radius 2 is 0.783 bits per heavy atom. The Morgan fingerprint density at radius 1 is 0.522 bits per heavy atom. The van der Waals surface area contributed by atoms with Crippen molar-refractivity contribution >= 4 is 11.3 Å². The lowest BCUT2D eigenvalue weighted by Gasteiger charge is -2.15. The van der Waals surface area contributed by atoms with Gasteiger partial charge in [0.25, 0.3) is 0 Å². The highest BCUT2D eigenvalue weighted by Crippen LogP contribution is 2.49. The van der Waals surface area contributed by atoms with Gasteiger partial charge in [-0.15, -0.1) is 11.3 Å². The number of hydrogen-bond acceptors (Lipinski definition) is 1. The fourth-order valence-corrected chi connectivity index (χ4v) is 5.72. The predicted octanol–water partition coefficient (Wildman–Crippen LogP) is 7.29. The summed E-state index contributed by atoms with van der Waals surface area (Å²) in [5.74, 6) is 1.01. The molecule has 0 radical (unpaired) electrons. The molecule has 0 amide bonds. The molecule has 3 rings (SSSR count). The smallest absolute Gasteiger partial charge is 0.0358 e. The highest BCUT2D eigenvalue weighted by molar-refractivity contribution is 7.12. The van der Waals surface area contributed by atoms with Crippen molar-refractivity contribution in [1.82, 2.24) is 0 Å². The van der Waals surface area contributed by atoms with E-state index < -0.39 is 0 Å². The minimum absolute atomic E-state index is 0.505. The maximum absolute atomic E-state index is 2.37. The van der Waals surface area contributed by atoms with Crippen LogP contribution >= 0.6 is 11.3 Å². The lowest BCUT2D eigenvalue weighted by molar-refractivity contribution is 0.958. The van der Waals surface area contributed by atoms with E-state index in [1.54, 1.807) is 0 Å². The Labute approximate surface area is 145 Å². The molecule has 0 atom stereocenters. The highest BCUT2D eigenvalue weighted by atomic mass is 32.1. The number of allylic oxidation sites excluding steroid dienone is 8. The van der Waals surface area contributed by atoms with Gasteiger partial charge in [0.2, 0.25) is 0 Å². The van der Waals surface area contributed by atoms with E-state index in [0.717, 1.165) is 0 Å². The van der Waals surface area contributed by atoms with Gasteiger partial charge in [-0.25, -0.2) is 0 Å². The van der Waals surface area contributed by atoms with E-state index in [2.05, 4.69) is 67.5 Å². The quantitative estimate of drug-likeness (QED) is 0.536. The molecule has 1 aromatic heterocycles. The van der Waals surface area contributed by atoms with Crippen LogP contribution in [-0.2, 0) is 0 Å². The van der Waals surface area contributed by atoms with Gasteiger partial charge in [0.15, 0.2) is 0 Å². The third-order valence-electron chi connectivity index (χ3n) is 6.44. The summed E-state index contributed by atoms with van der Waals surface area (Å²) in [6.07, 6.45) is 0. The molecule has 23 heavy (non-hydrogen) atoms. The summed E-state index contributed by atoms with van der Waals surface area (Å²) >= 11 is 2.01. The van der Waals surface area contributed by atoms with E-state index in [4.69, 9.17) is 0 Å². The van der Waals surface area contributed by atoms with Crippen LogP contribution in [0.3, 0.4) is 0 Å². The first-order valence-corrected chi connectivity index (χ1v) is 9.37. The highest BCUT2D eigenvalue weighted by Gasteiger charge is 2.30. The van der Waals surface area contributed by atoms with Gasteiger partial charge < -0.3 is 0 Å². The van der Waals surface area contributed by atoms with Crippen molar-refractivity contribution in [2.75, 3.05) is 0 Å². The zero-order valence-electron chi connectivity index (χ0n) is 15.7. The van der Waals surface area contributed by atoms with Gasteiger partial charge in [0.05, 0.1) is 0 Å². The van der Waals surface area contributed by atoms with E-state index in [9.17, 15) is 0 Å². The van der Waals surface area contributed by atoms with Crippen molar-refractivity contribution < 1.29 is 0 Å². The molecular weight excluding hydrogens is 296 g/mol. The summed E-state index contributed by atoms with van der Waals surface area (Å²) in [5.41, 5.74) is 12.1. The third kappa shape index (κ3) is 2.32. The number of thiophene rings is 1. The van der Waals surface area contributed by atoms with Crippen molar-refractivity contribution in [3.63, 3.8) is 0 Å². The summed E-state index contributed by atoms with van der Waals surface area (Å²) in [7, 11) is 0. The molecule has 0 nitrogen and oxygen atoms in total. The number of hydrogen-bond donors (Lipinski definition) is 0. The molecular formula is C22H28S. The van der Waals surface area contributed by atoms with Crippen molar-refractivity contribution in [1.29, 1.82) is 0 Å². The van der Waals surface area contributed by atoms with Crippen molar-refractivity contribution in [2.24, 2.45) is 0 Å². The molecule has 0 N–H and O–H groups in total. The van der Waals surface area contributed by atoms with Gasteiger partial charge in [0.1, 0.15) is 0 Å². The van der Waals surface area contributed by atoms with Crippen LogP contribution in [0.1, 0.15) is 77.0 Å². The first-order chi connectivity index (χ1) is 10.8. The van der Waals surface area contributed by atoms with Crippen LogP contribution in [-0.4, -0.2) is 0 Å². The van der Waals surface area contributed by atoms with Crippen LogP contribution in [0.4, 0.5) is 0 Å². The summed E-state index contributed by atoms with van der Waals surface area (Å²) in [6, 6.07) is 4.74. The minimum Gasteiger partial charge on any atom is -0.143 e. The molecule has 0 aliphatic heterocycles. The fraction of sp³-hybridized carbons (Fsp3) is 0.455. The Hall–Kier alpha value is -1.34. The second-order valence-corrected chi connectivity index (χ2v) is 8.49. The molecule has 2 aliphatic carbocycles. The molecule has 1 heterocycles. The molecule has 0 unspecified atom stereocenters. The minimum atomic E-state index is 0.505. The maximum Gasteiger partial charge on any atom is 0.0358 e. The van der Waals surface area contributed by atoms with Gasteiger partial charge in [0, 0.05) is 21.6 Å². The summed E-state index contributed by atoms with van der Waals surface area (Å²) in [4.78, 5) is 3.02. The van der Waals surface area contributed by atoms with E-state index in [-0.39, 0.29) is 0 Å². The molecule has 0 saturated heterocycles. The Balaban J connectivity index is 2.01. The zero-order chi connectivity index (χ0) is 17.0. The molecule has 0 aromatic carbocycles. The topological polar surface area (TPSA) is 0 Å². The van der Waals surface area contributed by atoms with Crippen LogP contribution in [0.15, 0.2) is 56.7 Å². The summed E-state index contributed by atoms with van der Waals surface area (Å²) < 4.78 is 0. The van der Waals surface area contributed by atoms with Gasteiger partial charge >= 0.3 is 0 Å². The van der Waals surface area contributed by atoms with Crippen LogP contribution in [0.25, 0.3) is 0 Å². The van der Waals surface area contributed by atoms with Crippen LogP contribution in [0.5, 0.6) is 0 Å². The molecule has 122 valence electrons. The average Bonchev–Trinajstić information content (AvgIpc) is 3.11.